The van der Waals surface area contributed by atoms with E-state index in [4.69, 9.17) is 0 Å². The minimum Gasteiger partial charge on any atom is -0.462 e. The van der Waals surface area contributed by atoms with Crippen LogP contribution < -0.4 is 0 Å². The molecule has 1 unspecified atom stereocenters. The second kappa shape index (κ2) is 7.24. The Bertz CT molecular complexity index is 600. The number of hydrogen-bond acceptors (Lipinski definition) is 2. The minimum absolute atomic E-state index is 0.698. The van der Waals surface area contributed by atoms with Crippen LogP contribution in [0.3, 0.4) is 0 Å². The lowest BCUT2D eigenvalue weighted by Gasteiger charge is -2.40. The number of rotatable bonds is 7. The molecule has 0 spiro atoms. The second-order valence-electron chi connectivity index (χ2n) is 5.32. The van der Waals surface area contributed by atoms with Gasteiger partial charge in [0.1, 0.15) is 12.5 Å². The molecule has 0 rings (SSSR count). The number of alkyl halides is 14. The number of ether oxygens (including phenoxy) is 1. The van der Waals surface area contributed by atoms with Crippen LogP contribution >= 0.6 is 0 Å². The lowest BCUT2D eigenvalue weighted by molar-refractivity contribution is -0.422. The van der Waals surface area contributed by atoms with Crippen molar-refractivity contribution < 1.29 is 71.0 Å². The first-order valence-electron chi connectivity index (χ1n) is 6.43. The Labute approximate surface area is 146 Å². The zero-order valence-electron chi connectivity index (χ0n) is 13.1. The average molecular weight is 450 g/mol. The van der Waals surface area contributed by atoms with E-state index in [0.29, 0.717) is 6.92 Å². The van der Waals surface area contributed by atoms with Crippen molar-refractivity contribution in [2.45, 2.75) is 43.0 Å². The highest BCUT2D eigenvalue weighted by Gasteiger charge is 2.86. The van der Waals surface area contributed by atoms with Crippen molar-refractivity contribution in [3.8, 4) is 0 Å². The molecule has 0 aliphatic rings. The van der Waals surface area contributed by atoms with Gasteiger partial charge in [0.05, 0.1) is 0 Å². The van der Waals surface area contributed by atoms with Gasteiger partial charge in [-0.15, -0.1) is 0 Å². The fraction of sp³-hybridized carbons (Fsp3) is 0.750. The third-order valence-corrected chi connectivity index (χ3v) is 3.15. The van der Waals surface area contributed by atoms with Crippen LogP contribution in [0.1, 0.15) is 6.92 Å². The van der Waals surface area contributed by atoms with Crippen molar-refractivity contribution in [1.82, 2.24) is 0 Å². The molecule has 0 heterocycles. The van der Waals surface area contributed by atoms with Crippen molar-refractivity contribution >= 4 is 5.97 Å². The average Bonchev–Trinajstić information content (AvgIpc) is 2.43. The van der Waals surface area contributed by atoms with Gasteiger partial charge in [0.25, 0.3) is 0 Å². The molecule has 0 aromatic heterocycles. The maximum absolute atomic E-state index is 13.6. The molecule has 0 saturated heterocycles. The zero-order chi connectivity index (χ0) is 23.1. The Balaban J connectivity index is 6.46. The Morgan fingerprint density at radius 3 is 1.43 bits per heavy atom. The molecule has 166 valence electrons. The van der Waals surface area contributed by atoms with Gasteiger partial charge in [0.2, 0.25) is 0 Å². The first-order chi connectivity index (χ1) is 12.0. The van der Waals surface area contributed by atoms with Gasteiger partial charge < -0.3 is 4.74 Å². The molecule has 0 N–H and O–H groups in total. The number of carbonyl (C=O) groups is 1. The zero-order valence-corrected chi connectivity index (χ0v) is 13.1. The van der Waals surface area contributed by atoms with E-state index in [1.165, 1.54) is 0 Å². The topological polar surface area (TPSA) is 26.3 Å². The van der Waals surface area contributed by atoms with Crippen LogP contribution in [0.4, 0.5) is 61.5 Å². The number of esters is 1. The Hall–Kier alpha value is -1.77. The molecule has 0 saturated carbocycles. The molecule has 0 aromatic rings. The standard InChI is InChI=1S/C12H8F14O2/c1-4(2)6(27)28-3-5(8(15,16)11(21,22)23)7(13,14)9(17,18)10(19,20)12(24,25)26/h5H,1,3H2,2H3. The molecule has 1 atom stereocenters. The van der Waals surface area contributed by atoms with Crippen molar-refractivity contribution in [1.29, 1.82) is 0 Å². The molecule has 0 fully saturated rings. The molecule has 28 heavy (non-hydrogen) atoms. The largest absolute Gasteiger partial charge is 0.462 e. The monoisotopic (exact) mass is 450 g/mol. The van der Waals surface area contributed by atoms with E-state index in [-0.39, 0.29) is 0 Å². The molecule has 0 aliphatic carbocycles. The van der Waals surface area contributed by atoms with E-state index in [9.17, 15) is 66.3 Å². The summed E-state index contributed by atoms with van der Waals surface area (Å²) in [6.45, 7) is 0.445. The fourth-order valence-electron chi connectivity index (χ4n) is 1.52. The minimum atomic E-state index is -7.78. The first-order valence-corrected chi connectivity index (χ1v) is 6.43. The summed E-state index contributed by atoms with van der Waals surface area (Å²) in [6, 6.07) is 0. The third kappa shape index (κ3) is 4.29. The van der Waals surface area contributed by atoms with Crippen molar-refractivity contribution in [2.24, 2.45) is 5.92 Å². The van der Waals surface area contributed by atoms with Crippen LogP contribution in [0.15, 0.2) is 12.2 Å². The smallest absolute Gasteiger partial charge is 0.460 e. The van der Waals surface area contributed by atoms with Gasteiger partial charge in [-0.2, -0.15) is 61.5 Å². The molecular weight excluding hydrogens is 442 g/mol. The SMILES string of the molecule is C=C(C)C(=O)OCC(C(F)(F)C(F)(F)F)C(F)(F)C(F)(F)C(F)(F)C(F)(F)F. The Morgan fingerprint density at radius 2 is 1.14 bits per heavy atom. The van der Waals surface area contributed by atoms with E-state index in [1.54, 1.807) is 0 Å². The van der Waals surface area contributed by atoms with E-state index >= 15 is 0 Å². The molecule has 0 radical (unpaired) electrons. The lowest BCUT2D eigenvalue weighted by atomic mass is 9.87. The highest BCUT2D eigenvalue weighted by Crippen LogP contribution is 2.59. The van der Waals surface area contributed by atoms with Crippen molar-refractivity contribution in [2.75, 3.05) is 6.61 Å². The summed E-state index contributed by atoms with van der Waals surface area (Å²) < 4.78 is 182. The number of halogens is 14. The van der Waals surface area contributed by atoms with Crippen LogP contribution in [-0.2, 0) is 9.53 Å². The summed E-state index contributed by atoms with van der Waals surface area (Å²) >= 11 is 0. The van der Waals surface area contributed by atoms with Gasteiger partial charge >= 0.3 is 42.0 Å². The Morgan fingerprint density at radius 1 is 0.750 bits per heavy atom. The normalized spacial score (nSPS) is 16.0. The lowest BCUT2D eigenvalue weighted by Crippen LogP contribution is -2.67. The summed E-state index contributed by atoms with van der Waals surface area (Å²) in [4.78, 5) is 10.9. The van der Waals surface area contributed by atoms with E-state index in [0.717, 1.165) is 0 Å². The second-order valence-corrected chi connectivity index (χ2v) is 5.32. The number of carbonyl (C=O) groups excluding carboxylic acids is 1. The van der Waals surface area contributed by atoms with E-state index in [1.807, 2.05) is 0 Å². The maximum Gasteiger partial charge on any atom is 0.460 e. The molecule has 0 bridgehead atoms. The molecule has 0 aliphatic heterocycles. The quantitative estimate of drug-likeness (QED) is 0.296. The summed E-state index contributed by atoms with van der Waals surface area (Å²) in [5, 5.41) is 0. The third-order valence-electron chi connectivity index (χ3n) is 3.15. The van der Waals surface area contributed by atoms with Gasteiger partial charge in [0.15, 0.2) is 0 Å². The van der Waals surface area contributed by atoms with Crippen molar-refractivity contribution in [3.63, 3.8) is 0 Å². The molecular formula is C12H8F14O2. The Kier molecular flexibility index (Phi) is 6.78. The first kappa shape index (κ1) is 26.2. The van der Waals surface area contributed by atoms with Crippen molar-refractivity contribution in [3.05, 3.63) is 12.2 Å². The molecule has 16 heteroatoms. The molecule has 0 amide bonds. The van der Waals surface area contributed by atoms with Gasteiger partial charge in [-0.1, -0.05) is 6.58 Å². The highest BCUT2D eigenvalue weighted by atomic mass is 19.4. The van der Waals surface area contributed by atoms with Crippen LogP contribution in [0.2, 0.25) is 0 Å². The van der Waals surface area contributed by atoms with Crippen LogP contribution in [0.25, 0.3) is 0 Å². The molecule has 0 aromatic carbocycles. The summed E-state index contributed by atoms with van der Waals surface area (Å²) in [6.07, 6.45) is -14.6. The summed E-state index contributed by atoms with van der Waals surface area (Å²) in [7, 11) is 0. The van der Waals surface area contributed by atoms with Gasteiger partial charge in [-0.05, 0) is 6.92 Å². The summed E-state index contributed by atoms with van der Waals surface area (Å²) in [5.74, 6) is -37.2. The van der Waals surface area contributed by atoms with E-state index < -0.39 is 60.1 Å². The van der Waals surface area contributed by atoms with Crippen LogP contribution in [0, 0.1) is 5.92 Å². The van der Waals surface area contributed by atoms with E-state index in [2.05, 4.69) is 11.3 Å². The van der Waals surface area contributed by atoms with Crippen LogP contribution in [0.5, 0.6) is 0 Å². The number of hydrogen-bond donors (Lipinski definition) is 0. The van der Waals surface area contributed by atoms with Gasteiger partial charge in [0, 0.05) is 5.57 Å². The predicted octanol–water partition coefficient (Wildman–Crippen LogP) is 5.39. The highest BCUT2D eigenvalue weighted by molar-refractivity contribution is 5.86. The van der Waals surface area contributed by atoms with Gasteiger partial charge in [-0.3, -0.25) is 0 Å². The predicted molar refractivity (Wildman–Crippen MR) is 61.2 cm³/mol. The van der Waals surface area contributed by atoms with Gasteiger partial charge in [-0.25, -0.2) is 4.79 Å². The fourth-order valence-corrected chi connectivity index (χ4v) is 1.52. The summed E-state index contributed by atoms with van der Waals surface area (Å²) in [5.41, 5.74) is -0.829. The molecule has 2 nitrogen and oxygen atoms in total. The maximum atomic E-state index is 13.6. The van der Waals surface area contributed by atoms with Crippen LogP contribution in [-0.4, -0.2) is 48.6 Å².